The minimum Gasteiger partial charge on any atom is -0.494 e. The highest BCUT2D eigenvalue weighted by Crippen LogP contribution is 2.30. The molecule has 0 aliphatic carbocycles. The van der Waals surface area contributed by atoms with Gasteiger partial charge in [-0.15, -0.1) is 0 Å². The Morgan fingerprint density at radius 3 is 2.42 bits per heavy atom. The van der Waals surface area contributed by atoms with E-state index in [1.54, 1.807) is 24.1 Å². The van der Waals surface area contributed by atoms with E-state index >= 15 is 0 Å². The smallest absolute Gasteiger partial charge is 0.260 e. The van der Waals surface area contributed by atoms with Crippen molar-refractivity contribution in [3.05, 3.63) is 48.5 Å². The van der Waals surface area contributed by atoms with Gasteiger partial charge in [0.25, 0.3) is 5.91 Å². The standard InChI is InChI=1S/C20H23NO5/c1-3-23-15-8-10-16(11-9-15)24-14-20(22)21(2)12-17-13-25-18-6-4-5-7-19(18)26-17/h4-11,17H,3,12-14H2,1-2H3/t17-/m0/s1. The first-order chi connectivity index (χ1) is 12.7. The number of likely N-dealkylation sites (N-methyl/N-ethyl adjacent to an activating group) is 1. The summed E-state index contributed by atoms with van der Waals surface area (Å²) in [5.41, 5.74) is 0. The van der Waals surface area contributed by atoms with Gasteiger partial charge in [0.05, 0.1) is 13.2 Å². The number of ether oxygens (including phenoxy) is 4. The van der Waals surface area contributed by atoms with Crippen LogP contribution in [0.1, 0.15) is 6.92 Å². The Kier molecular flexibility index (Phi) is 5.84. The third kappa shape index (κ3) is 4.59. The minimum absolute atomic E-state index is 0.0331. The summed E-state index contributed by atoms with van der Waals surface area (Å²) >= 11 is 0. The summed E-state index contributed by atoms with van der Waals surface area (Å²) in [5.74, 6) is 2.72. The molecule has 0 unspecified atom stereocenters. The van der Waals surface area contributed by atoms with Crippen molar-refractivity contribution in [1.29, 1.82) is 0 Å². The van der Waals surface area contributed by atoms with Crippen LogP contribution in [-0.2, 0) is 4.79 Å². The Hall–Kier alpha value is -2.89. The molecular formula is C20H23NO5. The highest BCUT2D eigenvalue weighted by atomic mass is 16.6. The first kappa shape index (κ1) is 17.9. The molecular weight excluding hydrogens is 334 g/mol. The van der Waals surface area contributed by atoms with E-state index in [1.807, 2.05) is 43.3 Å². The van der Waals surface area contributed by atoms with Crippen LogP contribution < -0.4 is 18.9 Å². The predicted molar refractivity (Wildman–Crippen MR) is 97.1 cm³/mol. The molecule has 1 aliphatic rings. The molecule has 1 amide bonds. The van der Waals surface area contributed by atoms with Gasteiger partial charge in [-0.25, -0.2) is 0 Å². The maximum Gasteiger partial charge on any atom is 0.260 e. The van der Waals surface area contributed by atoms with Gasteiger partial charge >= 0.3 is 0 Å². The second-order valence-electron chi connectivity index (χ2n) is 5.96. The molecule has 0 N–H and O–H groups in total. The molecule has 0 spiro atoms. The number of rotatable bonds is 7. The number of hydrogen-bond acceptors (Lipinski definition) is 5. The first-order valence-electron chi connectivity index (χ1n) is 8.64. The Labute approximate surface area is 153 Å². The van der Waals surface area contributed by atoms with E-state index in [0.29, 0.717) is 31.3 Å². The van der Waals surface area contributed by atoms with Gasteiger partial charge in [0.15, 0.2) is 24.2 Å². The summed E-state index contributed by atoms with van der Waals surface area (Å²) in [4.78, 5) is 13.9. The van der Waals surface area contributed by atoms with Crippen LogP contribution in [0, 0.1) is 0 Å². The fourth-order valence-electron chi connectivity index (χ4n) is 2.61. The van der Waals surface area contributed by atoms with Crippen molar-refractivity contribution < 1.29 is 23.7 Å². The molecule has 0 saturated heterocycles. The average molecular weight is 357 g/mol. The second-order valence-corrected chi connectivity index (χ2v) is 5.96. The molecule has 0 saturated carbocycles. The fraction of sp³-hybridized carbons (Fsp3) is 0.350. The van der Waals surface area contributed by atoms with E-state index in [9.17, 15) is 4.79 Å². The van der Waals surface area contributed by atoms with Gasteiger partial charge in [-0.05, 0) is 43.3 Å². The summed E-state index contributed by atoms with van der Waals surface area (Å²) in [7, 11) is 1.73. The lowest BCUT2D eigenvalue weighted by Gasteiger charge is -2.29. The summed E-state index contributed by atoms with van der Waals surface area (Å²) in [6.07, 6.45) is -0.204. The van der Waals surface area contributed by atoms with Crippen LogP contribution >= 0.6 is 0 Å². The van der Waals surface area contributed by atoms with Gasteiger partial charge in [0.2, 0.25) is 0 Å². The van der Waals surface area contributed by atoms with Crippen molar-refractivity contribution in [1.82, 2.24) is 4.90 Å². The number of benzene rings is 2. The topological polar surface area (TPSA) is 57.2 Å². The molecule has 1 heterocycles. The van der Waals surface area contributed by atoms with E-state index in [4.69, 9.17) is 18.9 Å². The van der Waals surface area contributed by atoms with E-state index in [2.05, 4.69) is 0 Å². The number of carbonyl (C=O) groups is 1. The van der Waals surface area contributed by atoms with Crippen molar-refractivity contribution in [3.8, 4) is 23.0 Å². The number of para-hydroxylation sites is 2. The molecule has 1 atom stereocenters. The molecule has 0 radical (unpaired) electrons. The lowest BCUT2D eigenvalue weighted by atomic mass is 10.2. The normalized spacial score (nSPS) is 15.2. The highest BCUT2D eigenvalue weighted by Gasteiger charge is 2.23. The monoisotopic (exact) mass is 357 g/mol. The van der Waals surface area contributed by atoms with Gasteiger partial charge < -0.3 is 23.8 Å². The van der Waals surface area contributed by atoms with E-state index < -0.39 is 0 Å². The molecule has 26 heavy (non-hydrogen) atoms. The zero-order chi connectivity index (χ0) is 18.4. The summed E-state index contributed by atoms with van der Waals surface area (Å²) in [6, 6.07) is 14.7. The van der Waals surface area contributed by atoms with Crippen molar-refractivity contribution >= 4 is 5.91 Å². The lowest BCUT2D eigenvalue weighted by Crippen LogP contribution is -2.43. The molecule has 2 aromatic rings. The van der Waals surface area contributed by atoms with Crippen molar-refractivity contribution in [2.24, 2.45) is 0 Å². The van der Waals surface area contributed by atoms with Crippen LogP contribution in [0.2, 0.25) is 0 Å². The van der Waals surface area contributed by atoms with Gasteiger partial charge in [-0.1, -0.05) is 12.1 Å². The number of nitrogens with zero attached hydrogens (tertiary/aromatic N) is 1. The minimum atomic E-state index is -0.204. The second kappa shape index (κ2) is 8.47. The summed E-state index contributed by atoms with van der Waals surface area (Å²) < 4.78 is 22.5. The Morgan fingerprint density at radius 2 is 1.73 bits per heavy atom. The molecule has 2 aromatic carbocycles. The van der Waals surface area contributed by atoms with E-state index in [-0.39, 0.29) is 18.6 Å². The zero-order valence-electron chi connectivity index (χ0n) is 15.0. The highest BCUT2D eigenvalue weighted by molar-refractivity contribution is 5.77. The Bertz CT molecular complexity index is 731. The zero-order valence-corrected chi connectivity index (χ0v) is 15.0. The van der Waals surface area contributed by atoms with Crippen LogP contribution in [-0.4, -0.2) is 50.3 Å². The van der Waals surface area contributed by atoms with Gasteiger partial charge in [0, 0.05) is 7.05 Å². The van der Waals surface area contributed by atoms with Gasteiger partial charge in [0.1, 0.15) is 18.1 Å². The van der Waals surface area contributed by atoms with Crippen molar-refractivity contribution in [2.45, 2.75) is 13.0 Å². The van der Waals surface area contributed by atoms with Crippen LogP contribution in [0.4, 0.5) is 0 Å². The van der Waals surface area contributed by atoms with Crippen LogP contribution in [0.3, 0.4) is 0 Å². The Balaban J connectivity index is 1.46. The third-order valence-corrected chi connectivity index (χ3v) is 3.97. The lowest BCUT2D eigenvalue weighted by molar-refractivity contribution is -0.133. The number of carbonyl (C=O) groups excluding carboxylic acids is 1. The van der Waals surface area contributed by atoms with Crippen molar-refractivity contribution in [2.75, 3.05) is 33.4 Å². The molecule has 3 rings (SSSR count). The molecule has 6 nitrogen and oxygen atoms in total. The molecule has 0 fully saturated rings. The SMILES string of the molecule is CCOc1ccc(OCC(=O)N(C)C[C@H]2COc3ccccc3O2)cc1. The Morgan fingerprint density at radius 1 is 1.08 bits per heavy atom. The maximum absolute atomic E-state index is 12.3. The average Bonchev–Trinajstić information content (AvgIpc) is 2.67. The van der Waals surface area contributed by atoms with E-state index in [0.717, 1.165) is 11.5 Å². The number of fused-ring (bicyclic) bond motifs is 1. The first-order valence-corrected chi connectivity index (χ1v) is 8.64. The molecule has 0 bridgehead atoms. The third-order valence-electron chi connectivity index (χ3n) is 3.97. The number of hydrogen-bond donors (Lipinski definition) is 0. The predicted octanol–water partition coefficient (Wildman–Crippen LogP) is 2.76. The molecule has 1 aliphatic heterocycles. The fourth-order valence-corrected chi connectivity index (χ4v) is 2.61. The molecule has 6 heteroatoms. The van der Waals surface area contributed by atoms with E-state index in [1.165, 1.54) is 0 Å². The maximum atomic E-state index is 12.3. The van der Waals surface area contributed by atoms with Gasteiger partial charge in [-0.2, -0.15) is 0 Å². The molecule has 0 aromatic heterocycles. The number of amides is 1. The van der Waals surface area contributed by atoms with Gasteiger partial charge in [-0.3, -0.25) is 4.79 Å². The van der Waals surface area contributed by atoms with Crippen LogP contribution in [0.5, 0.6) is 23.0 Å². The quantitative estimate of drug-likeness (QED) is 0.763. The summed E-state index contributed by atoms with van der Waals surface area (Å²) in [5, 5.41) is 0. The summed E-state index contributed by atoms with van der Waals surface area (Å²) in [6.45, 7) is 3.35. The van der Waals surface area contributed by atoms with Crippen molar-refractivity contribution in [3.63, 3.8) is 0 Å². The van der Waals surface area contributed by atoms with Crippen LogP contribution in [0.15, 0.2) is 48.5 Å². The largest absolute Gasteiger partial charge is 0.494 e. The van der Waals surface area contributed by atoms with Crippen LogP contribution in [0.25, 0.3) is 0 Å². The molecule has 138 valence electrons.